The van der Waals surface area contributed by atoms with Gasteiger partial charge in [-0.1, -0.05) is 19.8 Å². The Labute approximate surface area is 73.5 Å². The summed E-state index contributed by atoms with van der Waals surface area (Å²) in [5.41, 5.74) is 0.0929. The third-order valence-electron chi connectivity index (χ3n) is 2.54. The number of rotatable bonds is 5. The molecule has 12 heavy (non-hydrogen) atoms. The number of carbonyl (C=O) groups excluding carboxylic acids is 1. The number of ether oxygens (including phenoxy) is 1. The summed E-state index contributed by atoms with van der Waals surface area (Å²) < 4.78 is 4.83. The fraction of sp³-hybridized carbons (Fsp3) is 0.889. The van der Waals surface area contributed by atoms with Crippen molar-refractivity contribution in [1.82, 2.24) is 5.32 Å². The molecule has 0 aromatic heterocycles. The van der Waals surface area contributed by atoms with E-state index in [9.17, 15) is 4.79 Å². The van der Waals surface area contributed by atoms with Gasteiger partial charge in [0.25, 0.3) is 6.47 Å². The molecule has 0 atom stereocenters. The van der Waals surface area contributed by atoms with Gasteiger partial charge in [0.15, 0.2) is 0 Å². The van der Waals surface area contributed by atoms with E-state index in [4.69, 9.17) is 4.74 Å². The summed E-state index contributed by atoms with van der Waals surface area (Å²) in [6.07, 6.45) is 4.76. The summed E-state index contributed by atoms with van der Waals surface area (Å²) in [5.74, 6) is 0. The molecule has 0 bridgehead atoms. The van der Waals surface area contributed by atoms with Gasteiger partial charge in [0.2, 0.25) is 0 Å². The van der Waals surface area contributed by atoms with Crippen LogP contribution in [0.3, 0.4) is 0 Å². The largest absolute Gasteiger partial charge is 0.466 e. The van der Waals surface area contributed by atoms with Crippen LogP contribution in [0.2, 0.25) is 0 Å². The van der Waals surface area contributed by atoms with Gasteiger partial charge in [-0.05, 0) is 19.4 Å². The van der Waals surface area contributed by atoms with Crippen LogP contribution in [0.15, 0.2) is 0 Å². The summed E-state index contributed by atoms with van der Waals surface area (Å²) in [7, 11) is 0. The molecule has 3 heteroatoms. The van der Waals surface area contributed by atoms with Crippen molar-refractivity contribution in [3.8, 4) is 0 Å². The first-order chi connectivity index (χ1) is 5.83. The molecular weight excluding hydrogens is 154 g/mol. The van der Waals surface area contributed by atoms with E-state index in [1.54, 1.807) is 0 Å². The minimum Gasteiger partial charge on any atom is -0.466 e. The zero-order chi connectivity index (χ0) is 8.86. The smallest absolute Gasteiger partial charge is 0.293 e. The molecule has 1 rings (SSSR count). The van der Waals surface area contributed by atoms with Crippen molar-refractivity contribution in [2.75, 3.05) is 13.2 Å². The summed E-state index contributed by atoms with van der Waals surface area (Å²) in [4.78, 5) is 10.1. The fourth-order valence-electron chi connectivity index (χ4n) is 1.99. The lowest BCUT2D eigenvalue weighted by atomic mass is 9.99. The van der Waals surface area contributed by atoms with E-state index in [0.29, 0.717) is 13.1 Å². The van der Waals surface area contributed by atoms with Gasteiger partial charge in [0.05, 0.1) is 5.54 Å². The average Bonchev–Trinajstić information content (AvgIpc) is 2.51. The number of carbonyl (C=O) groups is 1. The van der Waals surface area contributed by atoms with Gasteiger partial charge in [-0.2, -0.15) is 0 Å². The van der Waals surface area contributed by atoms with E-state index in [1.165, 1.54) is 12.8 Å². The molecule has 0 amide bonds. The fourth-order valence-corrected chi connectivity index (χ4v) is 1.99. The first kappa shape index (κ1) is 9.52. The summed E-state index contributed by atoms with van der Waals surface area (Å²) in [6.45, 7) is 4.10. The second-order valence-electron chi connectivity index (χ2n) is 3.42. The van der Waals surface area contributed by atoms with Crippen LogP contribution in [0.25, 0.3) is 0 Å². The van der Waals surface area contributed by atoms with E-state index >= 15 is 0 Å². The van der Waals surface area contributed by atoms with Crippen LogP contribution in [0.1, 0.15) is 32.6 Å². The molecule has 0 spiro atoms. The highest BCUT2D eigenvalue weighted by Crippen LogP contribution is 2.29. The van der Waals surface area contributed by atoms with Crippen LogP contribution in [0.4, 0.5) is 0 Å². The van der Waals surface area contributed by atoms with Crippen LogP contribution in [-0.2, 0) is 9.53 Å². The van der Waals surface area contributed by atoms with Crippen LogP contribution in [0, 0.1) is 0 Å². The minimum absolute atomic E-state index is 0.0929. The van der Waals surface area contributed by atoms with Gasteiger partial charge in [-0.3, -0.25) is 4.79 Å². The van der Waals surface area contributed by atoms with Crippen molar-refractivity contribution in [2.24, 2.45) is 0 Å². The maximum atomic E-state index is 10.1. The third kappa shape index (κ3) is 2.21. The molecule has 1 aliphatic rings. The Bertz CT molecular complexity index is 141. The lowest BCUT2D eigenvalue weighted by Gasteiger charge is -2.28. The predicted octanol–water partition coefficient (Wildman–Crippen LogP) is 1.08. The molecule has 0 radical (unpaired) electrons. The van der Waals surface area contributed by atoms with E-state index < -0.39 is 0 Å². The van der Waals surface area contributed by atoms with Crippen molar-refractivity contribution in [3.05, 3.63) is 0 Å². The molecular formula is C9H17NO2. The van der Waals surface area contributed by atoms with Crippen molar-refractivity contribution in [1.29, 1.82) is 0 Å². The molecule has 0 aromatic rings. The first-order valence-corrected chi connectivity index (χ1v) is 4.63. The molecule has 1 saturated carbocycles. The van der Waals surface area contributed by atoms with E-state index in [1.807, 2.05) is 0 Å². The van der Waals surface area contributed by atoms with Crippen LogP contribution >= 0.6 is 0 Å². The van der Waals surface area contributed by atoms with Gasteiger partial charge < -0.3 is 10.1 Å². The van der Waals surface area contributed by atoms with Crippen LogP contribution in [0.5, 0.6) is 0 Å². The lowest BCUT2D eigenvalue weighted by Crippen LogP contribution is -2.46. The maximum Gasteiger partial charge on any atom is 0.293 e. The minimum atomic E-state index is 0.0929. The lowest BCUT2D eigenvalue weighted by molar-refractivity contribution is -0.130. The van der Waals surface area contributed by atoms with Gasteiger partial charge in [-0.25, -0.2) is 0 Å². The molecule has 70 valence electrons. The highest BCUT2D eigenvalue weighted by atomic mass is 16.5. The standard InChI is InChI=1S/C9H17NO2/c1-2-10-9(7-12-8-11)5-3-4-6-9/h8,10H,2-7H2,1H3. The molecule has 1 N–H and O–H groups in total. The first-order valence-electron chi connectivity index (χ1n) is 4.63. The number of hydrogen-bond donors (Lipinski definition) is 1. The van der Waals surface area contributed by atoms with E-state index in [2.05, 4.69) is 12.2 Å². The van der Waals surface area contributed by atoms with Crippen LogP contribution in [-0.4, -0.2) is 25.2 Å². The van der Waals surface area contributed by atoms with Gasteiger partial charge in [-0.15, -0.1) is 0 Å². The maximum absolute atomic E-state index is 10.1. The van der Waals surface area contributed by atoms with E-state index in [0.717, 1.165) is 19.4 Å². The van der Waals surface area contributed by atoms with Gasteiger partial charge >= 0.3 is 0 Å². The Balaban J connectivity index is 2.40. The number of likely N-dealkylation sites (N-methyl/N-ethyl adjacent to an activating group) is 1. The molecule has 0 unspecified atom stereocenters. The molecule has 0 aliphatic heterocycles. The molecule has 0 saturated heterocycles. The summed E-state index contributed by atoms with van der Waals surface area (Å²) >= 11 is 0. The quantitative estimate of drug-likeness (QED) is 0.629. The monoisotopic (exact) mass is 171 g/mol. The Morgan fingerprint density at radius 1 is 1.50 bits per heavy atom. The Hall–Kier alpha value is -0.570. The molecule has 0 heterocycles. The molecule has 1 aliphatic carbocycles. The average molecular weight is 171 g/mol. The SMILES string of the molecule is CCNC1(COC=O)CCCC1. The summed E-state index contributed by atoms with van der Waals surface area (Å²) in [6, 6.07) is 0. The van der Waals surface area contributed by atoms with E-state index in [-0.39, 0.29) is 5.54 Å². The van der Waals surface area contributed by atoms with Crippen molar-refractivity contribution < 1.29 is 9.53 Å². The second-order valence-corrected chi connectivity index (χ2v) is 3.42. The molecule has 3 nitrogen and oxygen atoms in total. The molecule has 0 aromatic carbocycles. The number of nitrogens with one attached hydrogen (secondary N) is 1. The highest BCUT2D eigenvalue weighted by molar-refractivity contribution is 5.37. The Morgan fingerprint density at radius 3 is 2.67 bits per heavy atom. The second kappa shape index (κ2) is 4.45. The van der Waals surface area contributed by atoms with Crippen molar-refractivity contribution >= 4 is 6.47 Å². The van der Waals surface area contributed by atoms with Gasteiger partial charge in [0.1, 0.15) is 6.61 Å². The molecule has 1 fully saturated rings. The number of hydrogen-bond acceptors (Lipinski definition) is 3. The normalized spacial score (nSPS) is 20.8. The van der Waals surface area contributed by atoms with Crippen LogP contribution < -0.4 is 5.32 Å². The Morgan fingerprint density at radius 2 is 2.17 bits per heavy atom. The van der Waals surface area contributed by atoms with Crippen molar-refractivity contribution in [2.45, 2.75) is 38.1 Å². The predicted molar refractivity (Wildman–Crippen MR) is 46.9 cm³/mol. The van der Waals surface area contributed by atoms with Crippen molar-refractivity contribution in [3.63, 3.8) is 0 Å². The zero-order valence-corrected chi connectivity index (χ0v) is 7.64. The third-order valence-corrected chi connectivity index (χ3v) is 2.54. The topological polar surface area (TPSA) is 38.3 Å². The Kier molecular flexibility index (Phi) is 3.53. The zero-order valence-electron chi connectivity index (χ0n) is 7.64. The highest BCUT2D eigenvalue weighted by Gasteiger charge is 2.33. The van der Waals surface area contributed by atoms with Gasteiger partial charge in [0, 0.05) is 0 Å². The summed E-state index contributed by atoms with van der Waals surface area (Å²) in [5, 5.41) is 3.41.